The van der Waals surface area contributed by atoms with Crippen molar-refractivity contribution in [2.24, 2.45) is 0 Å². The molecule has 0 atom stereocenters. The molecule has 2 N–H and O–H groups in total. The van der Waals surface area contributed by atoms with E-state index in [1.54, 1.807) is 10.6 Å². The van der Waals surface area contributed by atoms with Crippen LogP contribution < -0.4 is 11.3 Å². The Morgan fingerprint density at radius 3 is 2.43 bits per heavy atom. The Balaban J connectivity index is 1.89. The second-order valence-electron chi connectivity index (χ2n) is 6.36. The van der Waals surface area contributed by atoms with Gasteiger partial charge in [-0.05, 0) is 23.8 Å². The van der Waals surface area contributed by atoms with Crippen molar-refractivity contribution in [3.05, 3.63) is 98.8 Å². The number of nitrogen functional groups attached to an aromatic ring is 1. The summed E-state index contributed by atoms with van der Waals surface area (Å²) in [6.07, 6.45) is 0. The summed E-state index contributed by atoms with van der Waals surface area (Å²) in [4.78, 5) is 28.2. The van der Waals surface area contributed by atoms with Crippen LogP contribution in [0.15, 0.2) is 77.6 Å². The Morgan fingerprint density at radius 2 is 1.71 bits per heavy atom. The number of nitro benzene ring substituents is 1. The first-order chi connectivity index (χ1) is 13.5. The highest BCUT2D eigenvalue weighted by Crippen LogP contribution is 2.23. The van der Waals surface area contributed by atoms with Gasteiger partial charge in [0.15, 0.2) is 0 Å². The van der Waals surface area contributed by atoms with Crippen LogP contribution in [0, 0.1) is 10.1 Å². The molecule has 4 aromatic rings. The summed E-state index contributed by atoms with van der Waals surface area (Å²) in [6.45, 7) is 0.226. The molecule has 0 amide bonds. The lowest BCUT2D eigenvalue weighted by Crippen LogP contribution is -2.24. The van der Waals surface area contributed by atoms with Gasteiger partial charge in [-0.3, -0.25) is 14.9 Å². The molecule has 0 fully saturated rings. The Bertz CT molecular complexity index is 1250. The van der Waals surface area contributed by atoms with Crippen LogP contribution in [0.5, 0.6) is 0 Å². The maximum atomic E-state index is 13.2. The van der Waals surface area contributed by atoms with Gasteiger partial charge in [0, 0.05) is 11.6 Å². The minimum atomic E-state index is -0.527. The number of rotatable bonds is 4. The van der Waals surface area contributed by atoms with Gasteiger partial charge in [-0.2, -0.15) is 0 Å². The molecule has 0 saturated carbocycles. The minimum absolute atomic E-state index is 0.0668. The number of hydrogen-bond acceptors (Lipinski definition) is 5. The Hall–Kier alpha value is -4.00. The third kappa shape index (κ3) is 3.09. The van der Waals surface area contributed by atoms with E-state index in [1.165, 1.54) is 12.1 Å². The van der Waals surface area contributed by atoms with E-state index >= 15 is 0 Å². The molecule has 0 aliphatic carbocycles. The number of hydrogen-bond donors (Lipinski definition) is 1. The second-order valence-corrected chi connectivity index (χ2v) is 6.36. The zero-order valence-corrected chi connectivity index (χ0v) is 14.8. The molecule has 0 spiro atoms. The van der Waals surface area contributed by atoms with Crippen LogP contribution in [0.25, 0.3) is 22.3 Å². The van der Waals surface area contributed by atoms with E-state index in [0.29, 0.717) is 22.3 Å². The van der Waals surface area contributed by atoms with Gasteiger partial charge >= 0.3 is 0 Å². The summed E-state index contributed by atoms with van der Waals surface area (Å²) in [6, 6.07) is 21.1. The number of para-hydroxylation sites is 2. The average molecular weight is 372 g/mol. The summed E-state index contributed by atoms with van der Waals surface area (Å²) in [5.41, 5.74) is 8.64. The fourth-order valence-corrected chi connectivity index (χ4v) is 3.18. The standard InChI is InChI=1S/C21H16N4O3/c22-16-12-14(10-11-18(16)25(27)28)13-24-19-9-5-4-8-17(19)23-20(21(24)26)15-6-2-1-3-7-15/h1-12H,13,22H2. The molecule has 0 aliphatic heterocycles. The molecule has 0 aliphatic rings. The van der Waals surface area contributed by atoms with Gasteiger partial charge in [0.05, 0.1) is 22.5 Å². The predicted molar refractivity (Wildman–Crippen MR) is 108 cm³/mol. The lowest BCUT2D eigenvalue weighted by atomic mass is 10.1. The van der Waals surface area contributed by atoms with Gasteiger partial charge < -0.3 is 10.3 Å². The van der Waals surface area contributed by atoms with Crippen LogP contribution in [-0.2, 0) is 6.54 Å². The number of anilines is 1. The fraction of sp³-hybridized carbons (Fsp3) is 0.0476. The molecule has 28 heavy (non-hydrogen) atoms. The highest BCUT2D eigenvalue weighted by atomic mass is 16.6. The van der Waals surface area contributed by atoms with E-state index in [-0.39, 0.29) is 23.5 Å². The molecule has 7 nitrogen and oxygen atoms in total. The predicted octanol–water partition coefficient (Wildman–Crippen LogP) is 3.60. The van der Waals surface area contributed by atoms with Crippen molar-refractivity contribution >= 4 is 22.4 Å². The zero-order chi connectivity index (χ0) is 19.7. The van der Waals surface area contributed by atoms with Crippen molar-refractivity contribution in [1.82, 2.24) is 9.55 Å². The van der Waals surface area contributed by atoms with Crippen LogP contribution in [0.3, 0.4) is 0 Å². The average Bonchev–Trinajstić information content (AvgIpc) is 2.70. The lowest BCUT2D eigenvalue weighted by Gasteiger charge is -2.13. The number of benzene rings is 3. The summed E-state index contributed by atoms with van der Waals surface area (Å²) in [5.74, 6) is 0. The zero-order valence-electron chi connectivity index (χ0n) is 14.8. The summed E-state index contributed by atoms with van der Waals surface area (Å²) < 4.78 is 1.62. The molecule has 0 saturated heterocycles. The van der Waals surface area contributed by atoms with Crippen molar-refractivity contribution in [3.8, 4) is 11.3 Å². The summed E-state index contributed by atoms with van der Waals surface area (Å²) in [7, 11) is 0. The molecule has 7 heteroatoms. The summed E-state index contributed by atoms with van der Waals surface area (Å²) in [5, 5.41) is 11.0. The first kappa shape index (κ1) is 17.4. The third-order valence-corrected chi connectivity index (χ3v) is 4.53. The number of fused-ring (bicyclic) bond motifs is 1. The van der Waals surface area contributed by atoms with Gasteiger partial charge in [0.25, 0.3) is 11.2 Å². The van der Waals surface area contributed by atoms with E-state index in [4.69, 9.17) is 5.73 Å². The third-order valence-electron chi connectivity index (χ3n) is 4.53. The SMILES string of the molecule is Nc1cc(Cn2c(=O)c(-c3ccccc3)nc3ccccc32)ccc1[N+](=O)[O-]. The Morgan fingerprint density at radius 1 is 1.00 bits per heavy atom. The maximum Gasteiger partial charge on any atom is 0.292 e. The first-order valence-electron chi connectivity index (χ1n) is 8.62. The minimum Gasteiger partial charge on any atom is -0.393 e. The number of aromatic nitrogens is 2. The first-order valence-corrected chi connectivity index (χ1v) is 8.62. The normalized spacial score (nSPS) is 10.9. The quantitative estimate of drug-likeness (QED) is 0.335. The number of nitro groups is 1. The molecular weight excluding hydrogens is 356 g/mol. The molecule has 0 unspecified atom stereocenters. The van der Waals surface area contributed by atoms with Crippen LogP contribution in [0.2, 0.25) is 0 Å². The van der Waals surface area contributed by atoms with E-state index < -0.39 is 4.92 Å². The molecule has 1 heterocycles. The van der Waals surface area contributed by atoms with Crippen molar-refractivity contribution in [2.75, 3.05) is 5.73 Å². The lowest BCUT2D eigenvalue weighted by molar-refractivity contribution is -0.383. The molecule has 1 aromatic heterocycles. The van der Waals surface area contributed by atoms with Gasteiger partial charge in [-0.25, -0.2) is 4.98 Å². The van der Waals surface area contributed by atoms with Gasteiger partial charge in [-0.1, -0.05) is 48.5 Å². The summed E-state index contributed by atoms with van der Waals surface area (Å²) >= 11 is 0. The topological polar surface area (TPSA) is 104 Å². The smallest absolute Gasteiger partial charge is 0.292 e. The fourth-order valence-electron chi connectivity index (χ4n) is 3.18. The molecule has 3 aromatic carbocycles. The van der Waals surface area contributed by atoms with E-state index in [9.17, 15) is 14.9 Å². The van der Waals surface area contributed by atoms with Crippen molar-refractivity contribution in [1.29, 1.82) is 0 Å². The maximum absolute atomic E-state index is 13.2. The van der Waals surface area contributed by atoms with Gasteiger partial charge in [0.1, 0.15) is 11.4 Å². The van der Waals surface area contributed by atoms with Gasteiger partial charge in [0.2, 0.25) is 0 Å². The molecule has 0 bridgehead atoms. The molecule has 138 valence electrons. The monoisotopic (exact) mass is 372 g/mol. The van der Waals surface area contributed by atoms with E-state index in [0.717, 1.165) is 5.56 Å². The van der Waals surface area contributed by atoms with Crippen LogP contribution in [-0.4, -0.2) is 14.5 Å². The van der Waals surface area contributed by atoms with Crippen LogP contribution >= 0.6 is 0 Å². The number of nitrogens with two attached hydrogens (primary N) is 1. The highest BCUT2D eigenvalue weighted by molar-refractivity contribution is 5.78. The molecular formula is C21H16N4O3. The molecule has 4 rings (SSSR count). The van der Waals surface area contributed by atoms with Crippen molar-refractivity contribution in [3.63, 3.8) is 0 Å². The van der Waals surface area contributed by atoms with Crippen LogP contribution in [0.1, 0.15) is 5.56 Å². The highest BCUT2D eigenvalue weighted by Gasteiger charge is 2.15. The van der Waals surface area contributed by atoms with E-state index in [1.807, 2.05) is 54.6 Å². The van der Waals surface area contributed by atoms with Crippen LogP contribution in [0.4, 0.5) is 11.4 Å². The molecule has 0 radical (unpaired) electrons. The Kier molecular flexibility index (Phi) is 4.33. The largest absolute Gasteiger partial charge is 0.393 e. The number of nitrogens with zero attached hydrogens (tertiary/aromatic N) is 3. The second kappa shape index (κ2) is 6.96. The van der Waals surface area contributed by atoms with E-state index in [2.05, 4.69) is 4.98 Å². The van der Waals surface area contributed by atoms with Gasteiger partial charge in [-0.15, -0.1) is 0 Å². The Labute approximate surface area is 159 Å². The van der Waals surface area contributed by atoms with Crippen molar-refractivity contribution in [2.45, 2.75) is 6.54 Å². The van der Waals surface area contributed by atoms with Crippen molar-refractivity contribution < 1.29 is 4.92 Å².